The lowest BCUT2D eigenvalue weighted by Crippen LogP contribution is -1.89. The Bertz CT molecular complexity index is 845. The van der Waals surface area contributed by atoms with E-state index in [4.69, 9.17) is 4.74 Å². The van der Waals surface area contributed by atoms with Crippen LogP contribution in [0.1, 0.15) is 0 Å². The third kappa shape index (κ3) is 2.64. The molecule has 0 fully saturated rings. The lowest BCUT2D eigenvalue weighted by Gasteiger charge is -2.08. The average Bonchev–Trinajstić information content (AvgIpc) is 2.56. The minimum absolute atomic E-state index is 0.0516. The summed E-state index contributed by atoms with van der Waals surface area (Å²) in [6.45, 7) is 0.266. The van der Waals surface area contributed by atoms with E-state index in [1.807, 2.05) is 42.5 Å². The fourth-order valence-corrected chi connectivity index (χ4v) is 2.14. The molecule has 0 atom stereocenters. The molecule has 3 aromatic rings. The molecule has 0 spiro atoms. The van der Waals surface area contributed by atoms with Crippen LogP contribution in [0.25, 0.3) is 10.8 Å². The van der Waals surface area contributed by atoms with Gasteiger partial charge in [-0.25, -0.2) is 0 Å². The van der Waals surface area contributed by atoms with Crippen molar-refractivity contribution in [2.24, 2.45) is 10.2 Å². The van der Waals surface area contributed by atoms with E-state index >= 15 is 0 Å². The van der Waals surface area contributed by atoms with Crippen LogP contribution >= 0.6 is 0 Å². The first-order chi connectivity index (χ1) is 10.8. The van der Waals surface area contributed by atoms with Gasteiger partial charge < -0.3 is 9.84 Å². The summed E-state index contributed by atoms with van der Waals surface area (Å²) in [4.78, 5) is 10.6. The fourth-order valence-electron chi connectivity index (χ4n) is 2.14. The van der Waals surface area contributed by atoms with E-state index in [0.717, 1.165) is 10.8 Å². The molecule has 108 valence electrons. The molecule has 0 aliphatic heterocycles. The molecule has 0 radical (unpaired) electrons. The van der Waals surface area contributed by atoms with E-state index in [9.17, 15) is 9.90 Å². The van der Waals surface area contributed by atoms with Gasteiger partial charge in [-0.2, -0.15) is 5.11 Å². The molecule has 5 heteroatoms. The van der Waals surface area contributed by atoms with Gasteiger partial charge in [-0.05, 0) is 23.6 Å². The molecule has 0 bridgehead atoms. The average molecular weight is 292 g/mol. The van der Waals surface area contributed by atoms with Crippen molar-refractivity contribution >= 4 is 28.6 Å². The van der Waals surface area contributed by atoms with Crippen molar-refractivity contribution in [3.63, 3.8) is 0 Å². The molecule has 0 aromatic heterocycles. The first-order valence-corrected chi connectivity index (χ1v) is 6.61. The van der Waals surface area contributed by atoms with Crippen LogP contribution < -0.4 is 4.74 Å². The number of carbonyl (C=O) groups is 1. The van der Waals surface area contributed by atoms with Gasteiger partial charge in [-0.3, -0.25) is 4.79 Å². The van der Waals surface area contributed by atoms with Crippen molar-refractivity contribution in [1.82, 2.24) is 0 Å². The smallest absolute Gasteiger partial charge is 0.298 e. The SMILES string of the molecule is O=COc1cc2ccccc2c(N=Nc2ccccc2)c1O. The summed E-state index contributed by atoms with van der Waals surface area (Å²) in [5, 5.41) is 20.0. The number of phenolic OH excluding ortho intramolecular Hbond substituents is 1. The Hall–Kier alpha value is -3.21. The molecule has 1 N–H and O–H groups in total. The lowest BCUT2D eigenvalue weighted by atomic mass is 10.1. The van der Waals surface area contributed by atoms with Gasteiger partial charge in [0, 0.05) is 5.39 Å². The molecular weight excluding hydrogens is 280 g/mol. The van der Waals surface area contributed by atoms with Gasteiger partial charge in [0.05, 0.1) is 5.69 Å². The Balaban J connectivity index is 2.16. The number of nitrogens with zero attached hydrogens (tertiary/aromatic N) is 2. The molecule has 3 rings (SSSR count). The molecule has 3 aromatic carbocycles. The third-order valence-electron chi connectivity index (χ3n) is 3.16. The molecule has 0 unspecified atom stereocenters. The molecular formula is C17H12N2O3. The maximum Gasteiger partial charge on any atom is 0.298 e. The number of aromatic hydroxyl groups is 1. The summed E-state index contributed by atoms with van der Waals surface area (Å²) >= 11 is 0. The van der Waals surface area contributed by atoms with Gasteiger partial charge in [-0.1, -0.05) is 42.5 Å². The first kappa shape index (κ1) is 13.8. The van der Waals surface area contributed by atoms with E-state index in [0.29, 0.717) is 5.69 Å². The second-order valence-electron chi connectivity index (χ2n) is 4.54. The Morgan fingerprint density at radius 3 is 2.45 bits per heavy atom. The minimum atomic E-state index is -0.217. The summed E-state index contributed by atoms with van der Waals surface area (Å²) in [5.74, 6) is -0.166. The van der Waals surface area contributed by atoms with Crippen LogP contribution in [0.3, 0.4) is 0 Å². The standard InChI is InChI=1S/C17H12N2O3/c20-11-22-15-10-12-6-4-5-9-14(12)16(17(15)21)19-18-13-7-2-1-3-8-13/h1-11,21H. The highest BCUT2D eigenvalue weighted by atomic mass is 16.5. The molecule has 0 aliphatic carbocycles. The fraction of sp³-hybridized carbons (Fsp3) is 0. The predicted molar refractivity (Wildman–Crippen MR) is 82.9 cm³/mol. The normalized spacial score (nSPS) is 10.9. The maximum atomic E-state index is 10.6. The number of rotatable bonds is 4. The molecule has 0 amide bonds. The quantitative estimate of drug-likeness (QED) is 0.568. The lowest BCUT2D eigenvalue weighted by molar-refractivity contribution is -0.120. The van der Waals surface area contributed by atoms with Gasteiger partial charge >= 0.3 is 0 Å². The maximum absolute atomic E-state index is 10.6. The van der Waals surface area contributed by atoms with Crippen molar-refractivity contribution in [1.29, 1.82) is 0 Å². The highest BCUT2D eigenvalue weighted by molar-refractivity contribution is 5.97. The monoisotopic (exact) mass is 292 g/mol. The van der Waals surface area contributed by atoms with Gasteiger partial charge in [0.25, 0.3) is 6.47 Å². The summed E-state index contributed by atoms with van der Waals surface area (Å²) in [7, 11) is 0. The second-order valence-corrected chi connectivity index (χ2v) is 4.54. The number of hydrogen-bond donors (Lipinski definition) is 1. The molecule has 5 nitrogen and oxygen atoms in total. The molecule has 22 heavy (non-hydrogen) atoms. The topological polar surface area (TPSA) is 71.2 Å². The molecule has 0 saturated carbocycles. The predicted octanol–water partition coefficient (Wildman–Crippen LogP) is 4.50. The number of hydrogen-bond acceptors (Lipinski definition) is 5. The van der Waals surface area contributed by atoms with Crippen molar-refractivity contribution in [3.8, 4) is 11.5 Å². The van der Waals surface area contributed by atoms with Crippen molar-refractivity contribution < 1.29 is 14.6 Å². The number of ether oxygens (including phenoxy) is 1. The first-order valence-electron chi connectivity index (χ1n) is 6.61. The van der Waals surface area contributed by atoms with Crippen LogP contribution in [0, 0.1) is 0 Å². The second kappa shape index (κ2) is 6.05. The number of benzene rings is 3. The van der Waals surface area contributed by atoms with Crippen LogP contribution in [0.5, 0.6) is 11.5 Å². The summed E-state index contributed by atoms with van der Waals surface area (Å²) in [6.07, 6.45) is 0. The summed E-state index contributed by atoms with van der Waals surface area (Å²) < 4.78 is 4.81. The summed E-state index contributed by atoms with van der Waals surface area (Å²) in [6, 6.07) is 18.1. The Labute approximate surface area is 126 Å². The Kier molecular flexibility index (Phi) is 3.78. The Morgan fingerprint density at radius 2 is 1.68 bits per heavy atom. The number of fused-ring (bicyclic) bond motifs is 1. The zero-order chi connectivity index (χ0) is 15.4. The van der Waals surface area contributed by atoms with Gasteiger partial charge in [0.1, 0.15) is 5.69 Å². The van der Waals surface area contributed by atoms with E-state index < -0.39 is 0 Å². The van der Waals surface area contributed by atoms with Crippen LogP contribution in [0.4, 0.5) is 11.4 Å². The van der Waals surface area contributed by atoms with Crippen LogP contribution in [-0.2, 0) is 4.79 Å². The molecule has 0 heterocycles. The number of carbonyl (C=O) groups excluding carboxylic acids is 1. The zero-order valence-corrected chi connectivity index (χ0v) is 11.5. The van der Waals surface area contributed by atoms with Crippen LogP contribution in [-0.4, -0.2) is 11.6 Å². The number of phenols is 1. The third-order valence-corrected chi connectivity index (χ3v) is 3.16. The van der Waals surface area contributed by atoms with Crippen molar-refractivity contribution in [2.75, 3.05) is 0 Å². The van der Waals surface area contributed by atoms with Crippen LogP contribution in [0.2, 0.25) is 0 Å². The Morgan fingerprint density at radius 1 is 0.955 bits per heavy atom. The largest absolute Gasteiger partial charge is 0.503 e. The van der Waals surface area contributed by atoms with E-state index in [1.165, 1.54) is 0 Å². The summed E-state index contributed by atoms with van der Waals surface area (Å²) in [5.41, 5.74) is 0.923. The van der Waals surface area contributed by atoms with Crippen molar-refractivity contribution in [2.45, 2.75) is 0 Å². The highest BCUT2D eigenvalue weighted by Crippen LogP contribution is 2.43. The van der Waals surface area contributed by atoms with E-state index in [-0.39, 0.29) is 23.7 Å². The van der Waals surface area contributed by atoms with Gasteiger partial charge in [-0.15, -0.1) is 5.11 Å². The molecule has 0 saturated heterocycles. The van der Waals surface area contributed by atoms with Gasteiger partial charge in [0.15, 0.2) is 11.5 Å². The zero-order valence-electron chi connectivity index (χ0n) is 11.5. The van der Waals surface area contributed by atoms with E-state index in [1.54, 1.807) is 18.2 Å². The van der Waals surface area contributed by atoms with Crippen molar-refractivity contribution in [3.05, 3.63) is 60.7 Å². The highest BCUT2D eigenvalue weighted by Gasteiger charge is 2.13. The number of azo groups is 1. The minimum Gasteiger partial charge on any atom is -0.503 e. The molecule has 0 aliphatic rings. The van der Waals surface area contributed by atoms with Gasteiger partial charge in [0.2, 0.25) is 0 Å². The van der Waals surface area contributed by atoms with Crippen LogP contribution in [0.15, 0.2) is 70.9 Å². The van der Waals surface area contributed by atoms with E-state index in [2.05, 4.69) is 10.2 Å².